The zero-order valence-electron chi connectivity index (χ0n) is 10.7. The maximum absolute atomic E-state index is 11.7. The van der Waals surface area contributed by atoms with Gasteiger partial charge in [0.2, 0.25) is 5.91 Å². The summed E-state index contributed by atoms with van der Waals surface area (Å²) in [6, 6.07) is 0. The van der Waals surface area contributed by atoms with Crippen LogP contribution in [0.3, 0.4) is 0 Å². The molecular weight excluding hydrogens is 224 g/mol. The molecular formula is C11H22N2O2S. The normalized spacial score (nSPS) is 13.3. The maximum Gasteiger partial charge on any atom is 0.248 e. The van der Waals surface area contributed by atoms with Gasteiger partial charge in [0, 0.05) is 19.5 Å². The van der Waals surface area contributed by atoms with E-state index < -0.39 is 0 Å². The van der Waals surface area contributed by atoms with Crippen molar-refractivity contribution in [1.29, 1.82) is 0 Å². The Bertz CT molecular complexity index is 261. The predicted octanol–water partition coefficient (Wildman–Crippen LogP) is 1.18. The SMILES string of the molecule is CC(CN(C)C(=O)COC(C)(C)C)C(N)=S. The van der Waals surface area contributed by atoms with E-state index in [2.05, 4.69) is 0 Å². The highest BCUT2D eigenvalue weighted by atomic mass is 32.1. The van der Waals surface area contributed by atoms with Gasteiger partial charge in [0.1, 0.15) is 6.61 Å². The number of rotatable bonds is 5. The maximum atomic E-state index is 11.7. The molecule has 0 saturated carbocycles. The predicted molar refractivity (Wildman–Crippen MR) is 69.3 cm³/mol. The lowest BCUT2D eigenvalue weighted by Crippen LogP contribution is -2.38. The number of hydrogen-bond donors (Lipinski definition) is 1. The fraction of sp³-hybridized carbons (Fsp3) is 0.818. The second-order valence-corrected chi connectivity index (χ2v) is 5.45. The second-order valence-electron chi connectivity index (χ2n) is 4.98. The van der Waals surface area contributed by atoms with Gasteiger partial charge < -0.3 is 15.4 Å². The zero-order chi connectivity index (χ0) is 12.9. The zero-order valence-corrected chi connectivity index (χ0v) is 11.6. The third kappa shape index (κ3) is 6.74. The van der Waals surface area contributed by atoms with E-state index in [1.165, 1.54) is 0 Å². The monoisotopic (exact) mass is 246 g/mol. The lowest BCUT2D eigenvalue weighted by Gasteiger charge is -2.24. The van der Waals surface area contributed by atoms with E-state index in [-0.39, 0.29) is 24.0 Å². The lowest BCUT2D eigenvalue weighted by atomic mass is 10.1. The number of hydrogen-bond acceptors (Lipinski definition) is 3. The number of nitrogens with two attached hydrogens (primary N) is 1. The first-order chi connectivity index (χ1) is 7.13. The minimum atomic E-state index is -0.300. The van der Waals surface area contributed by atoms with Crippen LogP contribution in [0.2, 0.25) is 0 Å². The van der Waals surface area contributed by atoms with E-state index in [0.717, 1.165) is 0 Å². The highest BCUT2D eigenvalue weighted by Crippen LogP contribution is 2.07. The van der Waals surface area contributed by atoms with E-state index in [1.54, 1.807) is 11.9 Å². The average Bonchev–Trinajstić information content (AvgIpc) is 2.12. The van der Waals surface area contributed by atoms with Crippen molar-refractivity contribution in [3.05, 3.63) is 0 Å². The lowest BCUT2D eigenvalue weighted by molar-refractivity contribution is -0.139. The van der Waals surface area contributed by atoms with Crippen LogP contribution in [-0.2, 0) is 9.53 Å². The summed E-state index contributed by atoms with van der Waals surface area (Å²) in [4.78, 5) is 13.7. The molecule has 0 aromatic carbocycles. The standard InChI is InChI=1S/C11H22N2O2S/c1-8(10(12)16)6-13(5)9(14)7-15-11(2,3)4/h8H,6-7H2,1-5H3,(H2,12,16). The minimum absolute atomic E-state index is 0.0265. The molecule has 0 saturated heterocycles. The molecule has 1 amide bonds. The molecule has 94 valence electrons. The number of likely N-dealkylation sites (N-methyl/N-ethyl adjacent to an activating group) is 1. The number of nitrogens with zero attached hydrogens (tertiary/aromatic N) is 1. The van der Waals surface area contributed by atoms with Gasteiger partial charge in [0.15, 0.2) is 0 Å². The second kappa shape index (κ2) is 6.15. The van der Waals surface area contributed by atoms with E-state index in [1.807, 2.05) is 27.7 Å². The van der Waals surface area contributed by atoms with Gasteiger partial charge in [-0.15, -0.1) is 0 Å². The van der Waals surface area contributed by atoms with Crippen molar-refractivity contribution < 1.29 is 9.53 Å². The molecule has 5 heteroatoms. The van der Waals surface area contributed by atoms with Crippen LogP contribution in [0.25, 0.3) is 0 Å². The Morgan fingerprint density at radius 3 is 2.38 bits per heavy atom. The fourth-order valence-corrected chi connectivity index (χ4v) is 1.07. The van der Waals surface area contributed by atoms with E-state index in [9.17, 15) is 4.79 Å². The summed E-state index contributed by atoms with van der Waals surface area (Å²) in [6.45, 7) is 8.26. The summed E-state index contributed by atoms with van der Waals surface area (Å²) < 4.78 is 5.40. The van der Waals surface area contributed by atoms with Gasteiger partial charge in [-0.3, -0.25) is 4.79 Å². The van der Waals surface area contributed by atoms with Crippen LogP contribution in [0.5, 0.6) is 0 Å². The summed E-state index contributed by atoms with van der Waals surface area (Å²) in [7, 11) is 1.73. The molecule has 1 unspecified atom stereocenters. The Balaban J connectivity index is 4.05. The molecule has 0 heterocycles. The molecule has 16 heavy (non-hydrogen) atoms. The van der Waals surface area contributed by atoms with Crippen molar-refractivity contribution >= 4 is 23.1 Å². The third-order valence-electron chi connectivity index (χ3n) is 2.09. The van der Waals surface area contributed by atoms with Crippen LogP contribution in [0.15, 0.2) is 0 Å². The topological polar surface area (TPSA) is 55.6 Å². The molecule has 2 N–H and O–H groups in total. The van der Waals surface area contributed by atoms with Crippen molar-refractivity contribution in [2.45, 2.75) is 33.3 Å². The van der Waals surface area contributed by atoms with E-state index in [4.69, 9.17) is 22.7 Å². The Morgan fingerprint density at radius 2 is 2.00 bits per heavy atom. The molecule has 0 fully saturated rings. The van der Waals surface area contributed by atoms with Crippen LogP contribution in [0, 0.1) is 5.92 Å². The van der Waals surface area contributed by atoms with Crippen LogP contribution in [0.4, 0.5) is 0 Å². The molecule has 1 atom stereocenters. The van der Waals surface area contributed by atoms with Crippen molar-refractivity contribution in [2.24, 2.45) is 11.7 Å². The number of carbonyl (C=O) groups is 1. The summed E-state index contributed by atoms with van der Waals surface area (Å²) in [6.07, 6.45) is 0. The van der Waals surface area contributed by atoms with Crippen molar-refractivity contribution in [2.75, 3.05) is 20.2 Å². The Kier molecular flexibility index (Phi) is 5.89. The van der Waals surface area contributed by atoms with Crippen LogP contribution >= 0.6 is 12.2 Å². The summed E-state index contributed by atoms with van der Waals surface area (Å²) in [5, 5.41) is 0. The number of amides is 1. The molecule has 0 radical (unpaired) electrons. The molecule has 0 aliphatic rings. The number of carbonyl (C=O) groups excluding carboxylic acids is 1. The Morgan fingerprint density at radius 1 is 1.50 bits per heavy atom. The molecule has 4 nitrogen and oxygen atoms in total. The first-order valence-electron chi connectivity index (χ1n) is 5.30. The largest absolute Gasteiger partial charge is 0.393 e. The van der Waals surface area contributed by atoms with Gasteiger partial charge in [-0.1, -0.05) is 19.1 Å². The highest BCUT2D eigenvalue weighted by molar-refractivity contribution is 7.80. The van der Waals surface area contributed by atoms with Gasteiger partial charge in [0.25, 0.3) is 0 Å². The van der Waals surface area contributed by atoms with Crippen LogP contribution in [-0.4, -0.2) is 41.6 Å². The fourth-order valence-electron chi connectivity index (χ4n) is 0.991. The summed E-state index contributed by atoms with van der Waals surface area (Å²) in [5.74, 6) is -0.0309. The molecule has 0 spiro atoms. The third-order valence-corrected chi connectivity index (χ3v) is 2.49. The highest BCUT2D eigenvalue weighted by Gasteiger charge is 2.17. The van der Waals surface area contributed by atoms with Crippen LogP contribution in [0.1, 0.15) is 27.7 Å². The molecule has 0 aromatic heterocycles. The van der Waals surface area contributed by atoms with Crippen LogP contribution < -0.4 is 5.73 Å². The average molecular weight is 246 g/mol. The van der Waals surface area contributed by atoms with Crippen molar-refractivity contribution in [1.82, 2.24) is 4.90 Å². The van der Waals surface area contributed by atoms with Gasteiger partial charge in [-0.2, -0.15) is 0 Å². The Hall–Kier alpha value is -0.680. The quantitative estimate of drug-likeness (QED) is 0.740. The van der Waals surface area contributed by atoms with Gasteiger partial charge >= 0.3 is 0 Å². The molecule has 0 rings (SSSR count). The summed E-state index contributed by atoms with van der Waals surface area (Å²) >= 11 is 4.86. The van der Waals surface area contributed by atoms with Crippen molar-refractivity contribution in [3.8, 4) is 0 Å². The van der Waals surface area contributed by atoms with Gasteiger partial charge in [0.05, 0.1) is 10.6 Å². The van der Waals surface area contributed by atoms with E-state index in [0.29, 0.717) is 11.5 Å². The Labute approximate surface area is 103 Å². The first-order valence-corrected chi connectivity index (χ1v) is 5.71. The molecule has 0 aliphatic heterocycles. The van der Waals surface area contributed by atoms with Gasteiger partial charge in [-0.25, -0.2) is 0 Å². The number of thiocarbonyl (C=S) groups is 1. The van der Waals surface area contributed by atoms with Gasteiger partial charge in [-0.05, 0) is 20.8 Å². The smallest absolute Gasteiger partial charge is 0.248 e. The molecule has 0 bridgehead atoms. The first kappa shape index (κ1) is 15.3. The van der Waals surface area contributed by atoms with E-state index >= 15 is 0 Å². The summed E-state index contributed by atoms with van der Waals surface area (Å²) in [5.41, 5.74) is 5.19. The molecule has 0 aliphatic carbocycles. The number of ether oxygens (including phenoxy) is 1. The van der Waals surface area contributed by atoms with Crippen molar-refractivity contribution in [3.63, 3.8) is 0 Å². The molecule has 0 aromatic rings. The minimum Gasteiger partial charge on any atom is -0.393 e.